The molecule has 0 aliphatic rings. The van der Waals surface area contributed by atoms with Crippen LogP contribution >= 0.6 is 12.4 Å². The molecular formula is C13H21ClN2O. The number of hydrogen-bond acceptors (Lipinski definition) is 2. The Labute approximate surface area is 109 Å². The van der Waals surface area contributed by atoms with Crippen LogP contribution in [0.15, 0.2) is 24.3 Å². The molecule has 0 aliphatic carbocycles. The van der Waals surface area contributed by atoms with E-state index in [0.29, 0.717) is 0 Å². The number of amides is 1. The molecule has 0 heterocycles. The number of carbonyl (C=O) groups excluding carboxylic acids is 1. The van der Waals surface area contributed by atoms with Crippen LogP contribution in [0.4, 0.5) is 5.69 Å². The predicted molar refractivity (Wildman–Crippen MR) is 74.5 cm³/mol. The smallest absolute Gasteiger partial charge is 0.241 e. The zero-order valence-electron chi connectivity index (χ0n) is 10.8. The quantitative estimate of drug-likeness (QED) is 0.855. The van der Waals surface area contributed by atoms with Gasteiger partial charge < -0.3 is 11.1 Å². The Hall–Kier alpha value is -1.06. The van der Waals surface area contributed by atoms with Crippen molar-refractivity contribution >= 4 is 24.0 Å². The molecule has 0 aromatic heterocycles. The zero-order chi connectivity index (χ0) is 12.3. The normalized spacial score (nSPS) is 12.5. The Kier molecular flexibility index (Phi) is 5.66. The van der Waals surface area contributed by atoms with Crippen molar-refractivity contribution in [3.8, 4) is 0 Å². The van der Waals surface area contributed by atoms with Gasteiger partial charge in [-0.3, -0.25) is 4.79 Å². The van der Waals surface area contributed by atoms with Gasteiger partial charge in [0.25, 0.3) is 0 Å². The number of nitrogens with one attached hydrogen (secondary N) is 1. The van der Waals surface area contributed by atoms with Crippen molar-refractivity contribution in [2.45, 2.75) is 33.7 Å². The van der Waals surface area contributed by atoms with Gasteiger partial charge in [0.2, 0.25) is 5.91 Å². The number of rotatable bonds is 2. The van der Waals surface area contributed by atoms with Crippen molar-refractivity contribution < 1.29 is 4.79 Å². The number of carbonyl (C=O) groups is 1. The van der Waals surface area contributed by atoms with Gasteiger partial charge in [0.15, 0.2) is 0 Å². The molecule has 1 amide bonds. The van der Waals surface area contributed by atoms with Crippen LogP contribution in [0, 0.1) is 12.3 Å². The lowest BCUT2D eigenvalue weighted by Gasteiger charge is -2.26. The minimum Gasteiger partial charge on any atom is -0.324 e. The molecule has 1 rings (SSSR count). The molecule has 0 saturated heterocycles. The molecule has 3 N–H and O–H groups in total. The van der Waals surface area contributed by atoms with Crippen LogP contribution in [0.5, 0.6) is 0 Å². The molecular weight excluding hydrogens is 236 g/mol. The van der Waals surface area contributed by atoms with E-state index in [1.54, 1.807) is 0 Å². The van der Waals surface area contributed by atoms with E-state index in [2.05, 4.69) is 5.32 Å². The van der Waals surface area contributed by atoms with Gasteiger partial charge in [-0.1, -0.05) is 39.0 Å². The van der Waals surface area contributed by atoms with Gasteiger partial charge in [0, 0.05) is 5.69 Å². The number of benzene rings is 1. The summed E-state index contributed by atoms with van der Waals surface area (Å²) in [4.78, 5) is 11.9. The lowest BCUT2D eigenvalue weighted by molar-refractivity contribution is -0.119. The first-order valence-electron chi connectivity index (χ1n) is 5.44. The highest BCUT2D eigenvalue weighted by molar-refractivity contribution is 5.95. The molecule has 0 unspecified atom stereocenters. The summed E-state index contributed by atoms with van der Waals surface area (Å²) in [5.74, 6) is -0.137. The van der Waals surface area contributed by atoms with E-state index >= 15 is 0 Å². The molecule has 0 saturated carbocycles. The first kappa shape index (κ1) is 15.9. The summed E-state index contributed by atoms with van der Waals surface area (Å²) in [5, 5.41) is 2.85. The number of hydrogen-bond donors (Lipinski definition) is 2. The molecule has 0 aliphatic heterocycles. The molecule has 1 aromatic carbocycles. The van der Waals surface area contributed by atoms with E-state index < -0.39 is 6.04 Å². The Balaban J connectivity index is 0.00000256. The number of halogens is 1. The Morgan fingerprint density at radius 3 is 2.29 bits per heavy atom. The molecule has 0 fully saturated rings. The van der Waals surface area contributed by atoms with Crippen LogP contribution in [0.3, 0.4) is 0 Å². The molecule has 0 spiro atoms. The van der Waals surface area contributed by atoms with Crippen LogP contribution in [0.1, 0.15) is 26.3 Å². The number of aryl methyl sites for hydroxylation is 1. The molecule has 1 aromatic rings. The third-order valence-electron chi connectivity index (χ3n) is 2.62. The maximum absolute atomic E-state index is 11.9. The van der Waals surface area contributed by atoms with Crippen molar-refractivity contribution in [2.75, 3.05) is 5.32 Å². The Morgan fingerprint density at radius 1 is 1.29 bits per heavy atom. The van der Waals surface area contributed by atoms with E-state index in [9.17, 15) is 4.79 Å². The summed E-state index contributed by atoms with van der Waals surface area (Å²) in [7, 11) is 0. The summed E-state index contributed by atoms with van der Waals surface area (Å²) >= 11 is 0. The molecule has 0 bridgehead atoms. The second-order valence-electron chi connectivity index (χ2n) is 5.15. The lowest BCUT2D eigenvalue weighted by atomic mass is 9.87. The van der Waals surface area contributed by atoms with E-state index in [4.69, 9.17) is 5.73 Å². The minimum atomic E-state index is -0.507. The monoisotopic (exact) mass is 256 g/mol. The van der Waals surface area contributed by atoms with E-state index in [1.807, 2.05) is 52.0 Å². The third kappa shape index (κ3) is 4.36. The van der Waals surface area contributed by atoms with Crippen molar-refractivity contribution in [3.63, 3.8) is 0 Å². The molecule has 0 radical (unpaired) electrons. The van der Waals surface area contributed by atoms with Gasteiger partial charge in [-0.25, -0.2) is 0 Å². The van der Waals surface area contributed by atoms with Gasteiger partial charge in [-0.2, -0.15) is 0 Å². The molecule has 1 atom stereocenters. The van der Waals surface area contributed by atoms with E-state index in [1.165, 1.54) is 0 Å². The maximum Gasteiger partial charge on any atom is 0.241 e. The fourth-order valence-corrected chi connectivity index (χ4v) is 1.32. The lowest BCUT2D eigenvalue weighted by Crippen LogP contribution is -2.45. The van der Waals surface area contributed by atoms with Crippen molar-refractivity contribution in [1.29, 1.82) is 0 Å². The van der Waals surface area contributed by atoms with E-state index in [-0.39, 0.29) is 23.7 Å². The average Bonchev–Trinajstić information content (AvgIpc) is 2.19. The van der Waals surface area contributed by atoms with Crippen LogP contribution in [-0.2, 0) is 4.79 Å². The number of para-hydroxylation sites is 1. The van der Waals surface area contributed by atoms with Crippen LogP contribution < -0.4 is 11.1 Å². The summed E-state index contributed by atoms with van der Waals surface area (Å²) in [6.07, 6.45) is 0. The topological polar surface area (TPSA) is 55.1 Å². The van der Waals surface area contributed by atoms with Crippen molar-refractivity contribution in [2.24, 2.45) is 11.1 Å². The summed E-state index contributed by atoms with van der Waals surface area (Å²) < 4.78 is 0. The zero-order valence-corrected chi connectivity index (χ0v) is 11.6. The number of nitrogens with two attached hydrogens (primary N) is 1. The van der Waals surface area contributed by atoms with Gasteiger partial charge in [0.05, 0.1) is 6.04 Å². The fourth-order valence-electron chi connectivity index (χ4n) is 1.32. The second kappa shape index (κ2) is 6.03. The first-order valence-corrected chi connectivity index (χ1v) is 5.44. The second-order valence-corrected chi connectivity index (χ2v) is 5.15. The summed E-state index contributed by atoms with van der Waals surface area (Å²) in [6, 6.07) is 7.16. The molecule has 4 heteroatoms. The van der Waals surface area contributed by atoms with Crippen LogP contribution in [0.2, 0.25) is 0 Å². The van der Waals surface area contributed by atoms with Gasteiger partial charge in [0.1, 0.15) is 0 Å². The Morgan fingerprint density at radius 2 is 1.82 bits per heavy atom. The maximum atomic E-state index is 11.9. The van der Waals surface area contributed by atoms with Crippen LogP contribution in [0.25, 0.3) is 0 Å². The predicted octanol–water partition coefficient (Wildman–Crippen LogP) is 2.73. The highest BCUT2D eigenvalue weighted by Gasteiger charge is 2.27. The van der Waals surface area contributed by atoms with E-state index in [0.717, 1.165) is 11.3 Å². The standard InChI is InChI=1S/C13H20N2O.ClH/c1-9-7-5-6-8-10(9)15-12(16)11(14)13(2,3)4;/h5-8,11H,14H2,1-4H3,(H,15,16);1H/t11-;/m1./s1. The van der Waals surface area contributed by atoms with Crippen LogP contribution in [-0.4, -0.2) is 11.9 Å². The third-order valence-corrected chi connectivity index (χ3v) is 2.62. The molecule has 17 heavy (non-hydrogen) atoms. The number of anilines is 1. The van der Waals surface area contributed by atoms with Gasteiger partial charge in [-0.15, -0.1) is 12.4 Å². The van der Waals surface area contributed by atoms with Gasteiger partial charge >= 0.3 is 0 Å². The molecule has 3 nitrogen and oxygen atoms in total. The Bertz CT molecular complexity index is 385. The highest BCUT2D eigenvalue weighted by atomic mass is 35.5. The average molecular weight is 257 g/mol. The fraction of sp³-hybridized carbons (Fsp3) is 0.462. The summed E-state index contributed by atoms with van der Waals surface area (Å²) in [5.41, 5.74) is 7.52. The largest absolute Gasteiger partial charge is 0.324 e. The highest BCUT2D eigenvalue weighted by Crippen LogP contribution is 2.20. The SMILES string of the molecule is Cc1ccccc1NC(=O)[C@@H](N)C(C)(C)C.Cl. The summed E-state index contributed by atoms with van der Waals surface area (Å²) in [6.45, 7) is 7.82. The first-order chi connectivity index (χ1) is 7.32. The molecule has 96 valence electrons. The van der Waals surface area contributed by atoms with Crippen molar-refractivity contribution in [1.82, 2.24) is 0 Å². The minimum absolute atomic E-state index is 0. The van der Waals surface area contributed by atoms with Gasteiger partial charge in [-0.05, 0) is 24.0 Å². The van der Waals surface area contributed by atoms with Crippen molar-refractivity contribution in [3.05, 3.63) is 29.8 Å².